The number of H-pyrrole nitrogens is 1. The number of aromatic amines is 1. The van der Waals surface area contributed by atoms with Gasteiger partial charge < -0.3 is 15.4 Å². The standard InChI is InChI=1S/C19H19ClN4O5S/c1-10(13-9-11-8-12(20)4-5-14(11)23-16(13)25)22-18-21-7-6-15(24-18)19(2,17(26)27)30(3,28)29/h4-10H,1-3H3,(H,23,25)(H,26,27)(H,21,22,24)/t10-,19?/m0/s1. The lowest BCUT2D eigenvalue weighted by atomic mass is 10.1. The SMILES string of the molecule is C[C@H](Nc1nccc(C(C)(C(=O)O)S(C)(=O)=O)n1)c1cc2cc(Cl)ccc2[nH]c1=O. The molecule has 2 atom stereocenters. The fourth-order valence-corrected chi connectivity index (χ4v) is 3.93. The number of aliphatic carboxylic acids is 1. The highest BCUT2D eigenvalue weighted by Gasteiger charge is 2.47. The van der Waals surface area contributed by atoms with E-state index in [1.165, 1.54) is 12.3 Å². The Morgan fingerprint density at radius 1 is 1.30 bits per heavy atom. The molecule has 3 N–H and O–H groups in total. The van der Waals surface area contributed by atoms with Crippen LogP contribution in [-0.4, -0.2) is 40.7 Å². The first-order valence-corrected chi connectivity index (χ1v) is 11.1. The van der Waals surface area contributed by atoms with Gasteiger partial charge in [-0.05, 0) is 44.2 Å². The molecule has 0 saturated heterocycles. The molecule has 11 heteroatoms. The fourth-order valence-electron chi connectivity index (χ4n) is 2.94. The molecule has 2 heterocycles. The van der Waals surface area contributed by atoms with Crippen molar-refractivity contribution < 1.29 is 18.3 Å². The molecule has 0 aliphatic rings. The smallest absolute Gasteiger partial charge is 0.330 e. The van der Waals surface area contributed by atoms with Crippen LogP contribution in [-0.2, 0) is 19.4 Å². The van der Waals surface area contributed by atoms with E-state index in [4.69, 9.17) is 11.6 Å². The average Bonchev–Trinajstić information content (AvgIpc) is 2.66. The van der Waals surface area contributed by atoms with Crippen LogP contribution in [0.1, 0.15) is 31.1 Å². The van der Waals surface area contributed by atoms with Crippen LogP contribution in [0.15, 0.2) is 41.3 Å². The van der Waals surface area contributed by atoms with E-state index in [2.05, 4.69) is 20.3 Å². The van der Waals surface area contributed by atoms with Crippen LogP contribution in [0, 0.1) is 0 Å². The van der Waals surface area contributed by atoms with E-state index in [1.807, 2.05) is 0 Å². The Hall–Kier alpha value is -2.98. The number of aromatic nitrogens is 3. The van der Waals surface area contributed by atoms with Crippen LogP contribution in [0.4, 0.5) is 5.95 Å². The molecule has 9 nitrogen and oxygen atoms in total. The van der Waals surface area contributed by atoms with E-state index in [9.17, 15) is 23.1 Å². The van der Waals surface area contributed by atoms with Crippen molar-refractivity contribution in [2.24, 2.45) is 0 Å². The summed E-state index contributed by atoms with van der Waals surface area (Å²) in [4.78, 5) is 35.1. The van der Waals surface area contributed by atoms with Gasteiger partial charge in [0.05, 0.1) is 11.7 Å². The molecule has 0 aliphatic carbocycles. The number of sulfone groups is 1. The third-order valence-electron chi connectivity index (χ3n) is 4.94. The van der Waals surface area contributed by atoms with Gasteiger partial charge in [0.15, 0.2) is 9.84 Å². The maximum absolute atomic E-state index is 12.5. The zero-order valence-electron chi connectivity index (χ0n) is 16.3. The van der Waals surface area contributed by atoms with Gasteiger partial charge in [-0.1, -0.05) is 11.6 Å². The van der Waals surface area contributed by atoms with Gasteiger partial charge in [0.25, 0.3) is 5.56 Å². The van der Waals surface area contributed by atoms with Gasteiger partial charge in [-0.3, -0.25) is 9.59 Å². The number of hydrogen-bond acceptors (Lipinski definition) is 7. The van der Waals surface area contributed by atoms with E-state index in [-0.39, 0.29) is 17.2 Å². The van der Waals surface area contributed by atoms with Crippen LogP contribution in [0.2, 0.25) is 5.02 Å². The van der Waals surface area contributed by atoms with E-state index < -0.39 is 26.6 Å². The van der Waals surface area contributed by atoms with Gasteiger partial charge in [-0.2, -0.15) is 0 Å². The number of fused-ring (bicyclic) bond motifs is 1. The van der Waals surface area contributed by atoms with Crippen molar-refractivity contribution in [2.75, 3.05) is 11.6 Å². The van der Waals surface area contributed by atoms with Gasteiger partial charge >= 0.3 is 5.97 Å². The molecule has 0 saturated carbocycles. The molecule has 0 radical (unpaired) electrons. The Kier molecular flexibility index (Phi) is 5.57. The van der Waals surface area contributed by atoms with Crippen LogP contribution >= 0.6 is 11.6 Å². The predicted molar refractivity (Wildman–Crippen MR) is 113 cm³/mol. The van der Waals surface area contributed by atoms with Crippen molar-refractivity contribution in [3.05, 3.63) is 63.2 Å². The quantitative estimate of drug-likeness (QED) is 0.519. The Morgan fingerprint density at radius 2 is 2.00 bits per heavy atom. The number of hydrogen-bond donors (Lipinski definition) is 3. The molecule has 1 aromatic carbocycles. The highest BCUT2D eigenvalue weighted by atomic mass is 35.5. The van der Waals surface area contributed by atoms with Crippen molar-refractivity contribution >= 4 is 44.3 Å². The van der Waals surface area contributed by atoms with Crippen molar-refractivity contribution in [3.8, 4) is 0 Å². The second kappa shape index (κ2) is 7.69. The summed E-state index contributed by atoms with van der Waals surface area (Å²) in [5.74, 6) is -1.56. The topological polar surface area (TPSA) is 142 Å². The maximum Gasteiger partial charge on any atom is 0.330 e. The predicted octanol–water partition coefficient (Wildman–Crippen LogP) is 2.49. The number of anilines is 1. The lowest BCUT2D eigenvalue weighted by Gasteiger charge is -2.23. The summed E-state index contributed by atoms with van der Waals surface area (Å²) in [7, 11) is -4.03. The van der Waals surface area contributed by atoms with E-state index in [0.29, 0.717) is 16.1 Å². The number of carboxylic acids is 1. The Morgan fingerprint density at radius 3 is 2.63 bits per heavy atom. The zero-order chi connectivity index (χ0) is 22.3. The highest BCUT2D eigenvalue weighted by molar-refractivity contribution is 7.92. The van der Waals surface area contributed by atoms with Crippen molar-refractivity contribution in [2.45, 2.75) is 24.6 Å². The summed E-state index contributed by atoms with van der Waals surface area (Å²) < 4.78 is 22.0. The molecule has 0 fully saturated rings. The van der Waals surface area contributed by atoms with E-state index >= 15 is 0 Å². The average molecular weight is 451 g/mol. The summed E-state index contributed by atoms with van der Waals surface area (Å²) in [6.45, 7) is 2.77. The number of carbonyl (C=O) groups is 1. The molecule has 1 unspecified atom stereocenters. The van der Waals surface area contributed by atoms with Crippen LogP contribution in [0.25, 0.3) is 10.9 Å². The molecule has 3 aromatic rings. The van der Waals surface area contributed by atoms with Crippen molar-refractivity contribution in [1.82, 2.24) is 15.0 Å². The molecule has 0 spiro atoms. The lowest BCUT2D eigenvalue weighted by Crippen LogP contribution is -2.41. The van der Waals surface area contributed by atoms with Gasteiger partial charge in [-0.15, -0.1) is 0 Å². The minimum Gasteiger partial charge on any atom is -0.480 e. The van der Waals surface area contributed by atoms with Crippen molar-refractivity contribution in [3.63, 3.8) is 0 Å². The number of pyridine rings is 1. The molecule has 2 aromatic heterocycles. The summed E-state index contributed by atoms with van der Waals surface area (Å²) in [5.41, 5.74) is 0.487. The molecular formula is C19H19ClN4O5S. The molecule has 158 valence electrons. The monoisotopic (exact) mass is 450 g/mol. The number of nitrogens with one attached hydrogen (secondary N) is 2. The third kappa shape index (κ3) is 3.88. The van der Waals surface area contributed by atoms with Crippen LogP contribution in [0.5, 0.6) is 0 Å². The summed E-state index contributed by atoms with van der Waals surface area (Å²) in [5, 5.41) is 13.7. The molecule has 0 amide bonds. The maximum atomic E-state index is 12.5. The number of rotatable bonds is 6. The Bertz CT molecular complexity index is 1310. The van der Waals surface area contributed by atoms with Gasteiger partial charge in [0.2, 0.25) is 10.7 Å². The normalized spacial score (nSPS) is 14.8. The van der Waals surface area contributed by atoms with Crippen LogP contribution < -0.4 is 10.9 Å². The number of nitrogens with zero attached hydrogens (tertiary/aromatic N) is 2. The fraction of sp³-hybridized carbons (Fsp3) is 0.263. The molecule has 0 aliphatic heterocycles. The first-order valence-electron chi connectivity index (χ1n) is 8.79. The lowest BCUT2D eigenvalue weighted by molar-refractivity contribution is -0.140. The largest absolute Gasteiger partial charge is 0.480 e. The molecule has 0 bridgehead atoms. The highest BCUT2D eigenvalue weighted by Crippen LogP contribution is 2.29. The minimum atomic E-state index is -4.03. The van der Waals surface area contributed by atoms with E-state index in [0.717, 1.165) is 18.6 Å². The number of halogens is 1. The Labute approximate surface area is 177 Å². The van der Waals surface area contributed by atoms with Gasteiger partial charge in [-0.25, -0.2) is 18.4 Å². The molecule has 30 heavy (non-hydrogen) atoms. The number of benzene rings is 1. The van der Waals surface area contributed by atoms with Gasteiger partial charge in [0, 0.05) is 33.9 Å². The molecular weight excluding hydrogens is 432 g/mol. The zero-order valence-corrected chi connectivity index (χ0v) is 17.9. The molecule has 3 rings (SSSR count). The third-order valence-corrected chi connectivity index (χ3v) is 7.04. The number of carboxylic acid groups (broad SMARTS) is 1. The van der Waals surface area contributed by atoms with Crippen molar-refractivity contribution in [1.29, 1.82) is 0 Å². The van der Waals surface area contributed by atoms with E-state index in [1.54, 1.807) is 31.2 Å². The van der Waals surface area contributed by atoms with Gasteiger partial charge in [0.1, 0.15) is 0 Å². The summed E-state index contributed by atoms with van der Waals surface area (Å²) in [6, 6.07) is 7.43. The minimum absolute atomic E-state index is 0.0123. The summed E-state index contributed by atoms with van der Waals surface area (Å²) in [6.07, 6.45) is 2.09. The van der Waals surface area contributed by atoms with Crippen LogP contribution in [0.3, 0.4) is 0 Å². The summed E-state index contributed by atoms with van der Waals surface area (Å²) >= 11 is 6.02. The second-order valence-corrected chi connectivity index (χ2v) is 9.82. The Balaban J connectivity index is 1.99. The first-order chi connectivity index (χ1) is 13.9. The first kappa shape index (κ1) is 21.7. The second-order valence-electron chi connectivity index (χ2n) is 7.03.